The quantitative estimate of drug-likeness (QED) is 0.346. The molecule has 0 heterocycles. The summed E-state index contributed by atoms with van der Waals surface area (Å²) in [5.74, 6) is -2.32. The van der Waals surface area contributed by atoms with E-state index >= 15 is 0 Å². The van der Waals surface area contributed by atoms with E-state index in [9.17, 15) is 18.0 Å². The highest BCUT2D eigenvalue weighted by molar-refractivity contribution is 9.10. The van der Waals surface area contributed by atoms with Crippen molar-refractivity contribution >= 4 is 62.7 Å². The molecular formula is C18H13BrCl3F3N2O. The Morgan fingerprint density at radius 3 is 2.25 bits per heavy atom. The first-order valence-electron chi connectivity index (χ1n) is 7.70. The first-order chi connectivity index (χ1) is 13.0. The maximum absolute atomic E-state index is 13.6. The minimum Gasteiger partial charge on any atom is -0.288 e. The van der Waals surface area contributed by atoms with Gasteiger partial charge in [-0.25, -0.2) is 5.43 Å². The van der Waals surface area contributed by atoms with Gasteiger partial charge in [0.05, 0.1) is 26.5 Å². The van der Waals surface area contributed by atoms with Crippen molar-refractivity contribution in [2.45, 2.75) is 12.1 Å². The van der Waals surface area contributed by atoms with E-state index in [4.69, 9.17) is 34.8 Å². The lowest BCUT2D eigenvalue weighted by Crippen LogP contribution is -2.34. The Hall–Kier alpha value is -1.25. The molecular weight excluding hydrogens is 503 g/mol. The molecule has 1 unspecified atom stereocenters. The topological polar surface area (TPSA) is 41.1 Å². The number of nitrogens with one attached hydrogen (secondary N) is 2. The monoisotopic (exact) mass is 514 g/mol. The van der Waals surface area contributed by atoms with Crippen molar-refractivity contribution < 1.29 is 18.0 Å². The Kier molecular flexibility index (Phi) is 7.81. The Morgan fingerprint density at radius 2 is 1.75 bits per heavy atom. The van der Waals surface area contributed by atoms with E-state index in [-0.39, 0.29) is 26.5 Å². The zero-order valence-electron chi connectivity index (χ0n) is 14.2. The molecule has 0 aromatic heterocycles. The smallest absolute Gasteiger partial charge is 0.288 e. The zero-order valence-corrected chi connectivity index (χ0v) is 18.0. The van der Waals surface area contributed by atoms with Crippen LogP contribution in [0.5, 0.6) is 0 Å². The minimum absolute atomic E-state index is 0.00338. The normalized spacial score (nSPS) is 13.0. The van der Waals surface area contributed by atoms with Crippen molar-refractivity contribution in [1.29, 1.82) is 0 Å². The van der Waals surface area contributed by atoms with Gasteiger partial charge in [0.2, 0.25) is 0 Å². The molecule has 0 spiro atoms. The van der Waals surface area contributed by atoms with Gasteiger partial charge in [0.25, 0.3) is 5.91 Å². The average molecular weight is 517 g/mol. The lowest BCUT2D eigenvalue weighted by Gasteiger charge is -2.18. The number of allylic oxidation sites excluding steroid dienone is 1. The van der Waals surface area contributed by atoms with E-state index < -0.39 is 12.1 Å². The highest BCUT2D eigenvalue weighted by Crippen LogP contribution is 2.41. The van der Waals surface area contributed by atoms with Gasteiger partial charge in [-0.05, 0) is 51.3 Å². The Morgan fingerprint density at radius 1 is 1.14 bits per heavy atom. The van der Waals surface area contributed by atoms with Crippen molar-refractivity contribution in [2.24, 2.45) is 0 Å². The van der Waals surface area contributed by atoms with Gasteiger partial charge < -0.3 is 0 Å². The molecule has 0 bridgehead atoms. The fraction of sp³-hybridized carbons (Fsp3) is 0.167. The number of carbonyl (C=O) groups excluding carboxylic acids is 1. The van der Waals surface area contributed by atoms with Crippen LogP contribution in [0.1, 0.15) is 27.4 Å². The van der Waals surface area contributed by atoms with Gasteiger partial charge >= 0.3 is 6.18 Å². The van der Waals surface area contributed by atoms with Gasteiger partial charge in [0.15, 0.2) is 0 Å². The molecule has 2 rings (SSSR count). The molecule has 0 saturated heterocycles. The molecule has 2 aromatic rings. The maximum Gasteiger partial charge on any atom is 0.399 e. The fourth-order valence-electron chi connectivity index (χ4n) is 2.37. The van der Waals surface area contributed by atoms with E-state index in [1.165, 1.54) is 31.3 Å². The van der Waals surface area contributed by atoms with Gasteiger partial charge in [-0.2, -0.15) is 13.2 Å². The summed E-state index contributed by atoms with van der Waals surface area (Å²) in [5, 5.41) is -0.125. The van der Waals surface area contributed by atoms with Crippen LogP contribution in [0.15, 0.2) is 40.9 Å². The van der Waals surface area contributed by atoms with Crippen LogP contribution in [0, 0.1) is 0 Å². The van der Waals surface area contributed by atoms with Crippen LogP contribution in [0.25, 0.3) is 6.08 Å². The number of alkyl halides is 3. The van der Waals surface area contributed by atoms with E-state index in [0.29, 0.717) is 15.6 Å². The molecule has 10 heteroatoms. The van der Waals surface area contributed by atoms with Crippen molar-refractivity contribution in [3.05, 3.63) is 72.6 Å². The number of rotatable bonds is 5. The number of benzene rings is 2. The van der Waals surface area contributed by atoms with Crippen LogP contribution in [-0.2, 0) is 0 Å². The second-order valence-electron chi connectivity index (χ2n) is 5.62. The summed E-state index contributed by atoms with van der Waals surface area (Å²) >= 11 is 20.8. The number of amides is 1. The highest BCUT2D eigenvalue weighted by atomic mass is 79.9. The molecule has 150 valence electrons. The second-order valence-corrected chi connectivity index (χ2v) is 7.67. The first-order valence-corrected chi connectivity index (χ1v) is 9.63. The first kappa shape index (κ1) is 23.0. The van der Waals surface area contributed by atoms with Crippen molar-refractivity contribution in [1.82, 2.24) is 10.9 Å². The summed E-state index contributed by atoms with van der Waals surface area (Å²) in [6.07, 6.45) is -2.27. The fourth-order valence-corrected chi connectivity index (χ4v) is 3.56. The SMILES string of the molecule is CNNC(=O)c1ccc(C=CC(c2cc(Cl)c(Cl)c(Cl)c2)C(F)(F)F)cc1Br. The van der Waals surface area contributed by atoms with Crippen LogP contribution in [0.4, 0.5) is 13.2 Å². The molecule has 0 aliphatic heterocycles. The molecule has 1 amide bonds. The second kappa shape index (κ2) is 9.50. The summed E-state index contributed by atoms with van der Waals surface area (Å²) in [5.41, 5.74) is 5.58. The highest BCUT2D eigenvalue weighted by Gasteiger charge is 2.39. The summed E-state index contributed by atoms with van der Waals surface area (Å²) < 4.78 is 41.1. The van der Waals surface area contributed by atoms with E-state index in [0.717, 1.165) is 18.2 Å². The van der Waals surface area contributed by atoms with Gasteiger partial charge in [-0.3, -0.25) is 10.2 Å². The summed E-state index contributed by atoms with van der Waals surface area (Å²) in [4.78, 5) is 11.8. The molecule has 28 heavy (non-hydrogen) atoms. The van der Waals surface area contributed by atoms with Crippen LogP contribution >= 0.6 is 50.7 Å². The number of hydrogen-bond donors (Lipinski definition) is 2. The lowest BCUT2D eigenvalue weighted by molar-refractivity contribution is -0.139. The molecule has 1 atom stereocenters. The summed E-state index contributed by atoms with van der Waals surface area (Å²) in [6, 6.07) is 6.84. The number of halogens is 7. The van der Waals surface area contributed by atoms with Gasteiger partial charge in [-0.15, -0.1) is 0 Å². The Bertz CT molecular complexity index is 896. The van der Waals surface area contributed by atoms with Crippen molar-refractivity contribution in [2.75, 3.05) is 7.05 Å². The van der Waals surface area contributed by atoms with Crippen LogP contribution in [0.2, 0.25) is 15.1 Å². The maximum atomic E-state index is 13.6. The largest absolute Gasteiger partial charge is 0.399 e. The van der Waals surface area contributed by atoms with Gasteiger partial charge in [0, 0.05) is 11.5 Å². The molecule has 0 aliphatic rings. The third kappa shape index (κ3) is 5.64. The minimum atomic E-state index is -4.57. The molecule has 2 aromatic carbocycles. The van der Waals surface area contributed by atoms with E-state index in [1.54, 1.807) is 0 Å². The molecule has 0 saturated carbocycles. The summed E-state index contributed by atoms with van der Waals surface area (Å²) in [7, 11) is 1.54. The Balaban J connectivity index is 2.37. The predicted molar refractivity (Wildman–Crippen MR) is 110 cm³/mol. The van der Waals surface area contributed by atoms with Crippen molar-refractivity contribution in [3.63, 3.8) is 0 Å². The van der Waals surface area contributed by atoms with Crippen LogP contribution < -0.4 is 10.9 Å². The standard InChI is InChI=1S/C18H13BrCl3F3N2O/c1-26-27-17(28)11-4-2-9(6-13(11)19)3-5-12(18(23,24)25)10-7-14(20)16(22)15(21)8-10/h2-8,12,26H,1H3,(H,27,28). The molecule has 2 N–H and O–H groups in total. The predicted octanol–water partition coefficient (Wildman–Crippen LogP) is 6.63. The van der Waals surface area contributed by atoms with Gasteiger partial charge in [0.1, 0.15) is 0 Å². The Labute approximate surface area is 182 Å². The summed E-state index contributed by atoms with van der Waals surface area (Å²) in [6.45, 7) is 0. The number of carbonyl (C=O) groups is 1. The third-order valence-electron chi connectivity index (χ3n) is 3.68. The molecule has 0 radical (unpaired) electrons. The van der Waals surface area contributed by atoms with E-state index in [1.807, 2.05) is 0 Å². The molecule has 3 nitrogen and oxygen atoms in total. The number of hydrazine groups is 1. The van der Waals surface area contributed by atoms with Gasteiger partial charge in [-0.1, -0.05) is 53.0 Å². The molecule has 0 aliphatic carbocycles. The third-order valence-corrected chi connectivity index (χ3v) is 5.53. The van der Waals surface area contributed by atoms with E-state index in [2.05, 4.69) is 26.8 Å². The average Bonchev–Trinajstić information content (AvgIpc) is 2.58. The van der Waals surface area contributed by atoms with Crippen molar-refractivity contribution in [3.8, 4) is 0 Å². The number of hydrogen-bond acceptors (Lipinski definition) is 2. The van der Waals surface area contributed by atoms with Crippen LogP contribution in [-0.4, -0.2) is 19.1 Å². The van der Waals surface area contributed by atoms with Crippen LogP contribution in [0.3, 0.4) is 0 Å². The lowest BCUT2D eigenvalue weighted by atomic mass is 9.97. The zero-order chi connectivity index (χ0) is 21.1. The molecule has 0 fully saturated rings.